The summed E-state index contributed by atoms with van der Waals surface area (Å²) in [6.45, 7) is 23.8. The van der Waals surface area contributed by atoms with E-state index in [0.717, 1.165) is 5.70 Å². The summed E-state index contributed by atoms with van der Waals surface area (Å²) in [6, 6.07) is 1.43. The van der Waals surface area contributed by atoms with Crippen LogP contribution in [-0.2, 0) is 14.0 Å². The van der Waals surface area contributed by atoms with E-state index in [1.807, 2.05) is 0 Å². The summed E-state index contributed by atoms with van der Waals surface area (Å²) < 4.78 is 60.3. The molecular weight excluding hydrogens is 713 g/mol. The SMILES string of the molecule is C=C[Si](C)(C)CCCCCCCC.C=C[Si](C)(C)OS(=O)(=O)C(F)(F)F.CCCCCCC[CH2][Al]([CH2]CCCCCCC)[CH2]CCCCCCC. The lowest BCUT2D eigenvalue weighted by atomic mass is 10.1. The van der Waals surface area contributed by atoms with Crippen LogP contribution in [0.2, 0.25) is 48.1 Å². The Bertz CT molecular complexity index is 846. The van der Waals surface area contributed by atoms with Crippen LogP contribution >= 0.6 is 0 Å². The molecule has 51 heavy (non-hydrogen) atoms. The number of hydrogen-bond donors (Lipinski definition) is 0. The molecule has 0 aromatic carbocycles. The topological polar surface area (TPSA) is 43.4 Å². The van der Waals surface area contributed by atoms with Crippen molar-refractivity contribution in [1.82, 2.24) is 0 Å². The van der Waals surface area contributed by atoms with E-state index in [9.17, 15) is 21.6 Å². The first kappa shape index (κ1) is 55.5. The molecule has 0 atom stereocenters. The van der Waals surface area contributed by atoms with E-state index in [0.29, 0.717) is 0 Å². The van der Waals surface area contributed by atoms with Gasteiger partial charge in [-0.1, -0.05) is 222 Å². The first-order chi connectivity index (χ1) is 24.0. The summed E-state index contributed by atoms with van der Waals surface area (Å²) in [5, 5.41) is 4.99. The van der Waals surface area contributed by atoms with E-state index in [1.54, 1.807) is 35.1 Å². The fraction of sp³-hybridized carbons (Fsp3) is 0.902. The van der Waals surface area contributed by atoms with Gasteiger partial charge in [0.2, 0.25) is 8.32 Å². The molecule has 0 aliphatic heterocycles. The number of unbranched alkanes of at least 4 members (excludes halogenated alkanes) is 20. The van der Waals surface area contributed by atoms with E-state index in [4.69, 9.17) is 0 Å². The largest absolute Gasteiger partial charge is 0.522 e. The lowest BCUT2D eigenvalue weighted by Gasteiger charge is -2.18. The molecule has 0 bridgehead atoms. The van der Waals surface area contributed by atoms with E-state index in [-0.39, 0.29) is 0 Å². The number of halogens is 3. The summed E-state index contributed by atoms with van der Waals surface area (Å²) in [7, 11) is -9.43. The van der Waals surface area contributed by atoms with Gasteiger partial charge in [0.15, 0.2) is 0 Å². The van der Waals surface area contributed by atoms with Gasteiger partial charge in [-0.05, 0) is 13.1 Å². The van der Waals surface area contributed by atoms with Crippen molar-refractivity contribution >= 4 is 40.7 Å². The Morgan fingerprint density at radius 3 is 1.10 bits per heavy atom. The summed E-state index contributed by atoms with van der Waals surface area (Å²) in [4.78, 5) is 0. The minimum atomic E-state index is -5.48. The molecule has 0 heterocycles. The summed E-state index contributed by atoms with van der Waals surface area (Å²) in [5.74, 6) is 0. The van der Waals surface area contributed by atoms with Crippen molar-refractivity contribution in [3.05, 3.63) is 24.6 Å². The zero-order valence-corrected chi connectivity index (χ0v) is 39.2. The second-order valence-corrected chi connectivity index (χ2v) is 30.0. The fourth-order valence-electron chi connectivity index (χ4n) is 5.90. The Kier molecular flexibility index (Phi) is 39.0. The maximum absolute atomic E-state index is 11.8. The minimum absolute atomic E-state index is 0.410. The molecular formula is C41H86AlF3O3SSi2. The molecule has 0 N–H and O–H groups in total. The summed E-state index contributed by atoms with van der Waals surface area (Å²) in [6.07, 6.45) is 35.2. The van der Waals surface area contributed by atoms with Gasteiger partial charge in [-0.25, -0.2) is 0 Å². The molecule has 0 aliphatic carbocycles. The number of rotatable bonds is 32. The highest BCUT2D eigenvalue weighted by atomic mass is 32.2. The molecule has 0 aromatic rings. The van der Waals surface area contributed by atoms with Crippen LogP contribution in [-0.4, -0.2) is 44.5 Å². The van der Waals surface area contributed by atoms with Crippen LogP contribution in [0.15, 0.2) is 24.6 Å². The first-order valence-corrected chi connectivity index (χ1v) is 31.4. The van der Waals surface area contributed by atoms with Crippen molar-refractivity contribution in [2.45, 2.75) is 235 Å². The average Bonchev–Trinajstić information content (AvgIpc) is 3.06. The zero-order valence-electron chi connectivity index (χ0n) is 35.2. The van der Waals surface area contributed by atoms with Crippen LogP contribution in [0.3, 0.4) is 0 Å². The van der Waals surface area contributed by atoms with Gasteiger partial charge in [0.1, 0.15) is 0 Å². The lowest BCUT2D eigenvalue weighted by Crippen LogP contribution is -2.37. The van der Waals surface area contributed by atoms with Crippen molar-refractivity contribution in [1.29, 1.82) is 0 Å². The van der Waals surface area contributed by atoms with Gasteiger partial charge in [-0.2, -0.15) is 21.6 Å². The van der Waals surface area contributed by atoms with Gasteiger partial charge < -0.3 is 3.87 Å². The molecule has 0 aromatic heterocycles. The molecule has 0 aliphatic rings. The Morgan fingerprint density at radius 2 is 0.824 bits per heavy atom. The molecule has 306 valence electrons. The molecule has 0 fully saturated rings. The Hall–Kier alpha value is 0.146. The van der Waals surface area contributed by atoms with Crippen molar-refractivity contribution in [3.8, 4) is 0 Å². The Morgan fingerprint density at radius 1 is 0.529 bits per heavy atom. The van der Waals surface area contributed by atoms with Crippen LogP contribution in [0.1, 0.15) is 182 Å². The third kappa shape index (κ3) is 39.6. The van der Waals surface area contributed by atoms with E-state index < -0.39 is 46.2 Å². The van der Waals surface area contributed by atoms with Gasteiger partial charge in [0, 0.05) is 0 Å². The lowest BCUT2D eigenvalue weighted by molar-refractivity contribution is -0.0502. The van der Waals surface area contributed by atoms with Gasteiger partial charge in [-0.15, -0.1) is 18.9 Å². The van der Waals surface area contributed by atoms with Gasteiger partial charge >= 0.3 is 15.6 Å². The molecule has 0 radical (unpaired) electrons. The molecule has 0 amide bonds. The zero-order chi connectivity index (χ0) is 39.5. The number of hydrogen-bond acceptors (Lipinski definition) is 3. The van der Waals surface area contributed by atoms with Crippen molar-refractivity contribution in [2.75, 3.05) is 0 Å². The second-order valence-electron chi connectivity index (χ2n) is 16.0. The van der Waals surface area contributed by atoms with Gasteiger partial charge in [0.05, 0.1) is 8.07 Å². The van der Waals surface area contributed by atoms with E-state index in [1.165, 1.54) is 154 Å². The molecule has 0 saturated carbocycles. The van der Waals surface area contributed by atoms with Gasteiger partial charge in [-0.3, -0.25) is 0 Å². The van der Waals surface area contributed by atoms with E-state index >= 15 is 0 Å². The smallest absolute Gasteiger partial charge is 0.303 e. The number of alkyl halides is 3. The van der Waals surface area contributed by atoms with Crippen LogP contribution < -0.4 is 0 Å². The highest BCUT2D eigenvalue weighted by Crippen LogP contribution is 2.27. The van der Waals surface area contributed by atoms with Crippen molar-refractivity contribution in [3.63, 3.8) is 0 Å². The van der Waals surface area contributed by atoms with E-state index in [2.05, 4.69) is 63.5 Å². The summed E-state index contributed by atoms with van der Waals surface area (Å²) in [5.41, 5.74) is -2.03. The molecule has 0 saturated heterocycles. The highest BCUT2D eigenvalue weighted by molar-refractivity contribution is 7.88. The molecule has 0 unspecified atom stereocenters. The first-order valence-electron chi connectivity index (χ1n) is 21.3. The van der Waals surface area contributed by atoms with Crippen LogP contribution in [0.25, 0.3) is 0 Å². The van der Waals surface area contributed by atoms with Gasteiger partial charge in [0.25, 0.3) is 14.1 Å². The van der Waals surface area contributed by atoms with Crippen molar-refractivity contribution < 1.29 is 25.5 Å². The standard InChI is InChI=1S/C12H26Si.3C8H17.C5H9F3O3SSi.Al/c1-5-7-8-9-10-11-12-13(3,4)6-2;3*1-3-5-7-8-6-4-2;1-4-13(2,3)11-12(9,10)5(6,7)8;/h6H,2,5,7-12H2,1,3-4H3;3*1,3-8H2,2H3;4H,1H2,2-3H3;. The molecule has 0 rings (SSSR count). The molecule has 10 heteroatoms. The Balaban J connectivity index is -0.000000746. The second kappa shape index (κ2) is 35.8. The fourth-order valence-corrected chi connectivity index (χ4v) is 13.6. The predicted molar refractivity (Wildman–Crippen MR) is 230 cm³/mol. The van der Waals surface area contributed by atoms with Crippen LogP contribution in [0.4, 0.5) is 13.2 Å². The minimum Gasteiger partial charge on any atom is -0.303 e. The predicted octanol–water partition coefficient (Wildman–Crippen LogP) is 16.1. The maximum Gasteiger partial charge on any atom is 0.522 e. The maximum atomic E-state index is 11.8. The average molecular weight is 799 g/mol. The normalized spacial score (nSPS) is 12.1. The van der Waals surface area contributed by atoms with Crippen molar-refractivity contribution in [2.24, 2.45) is 0 Å². The monoisotopic (exact) mass is 799 g/mol. The highest BCUT2D eigenvalue weighted by Gasteiger charge is 2.49. The third-order valence-electron chi connectivity index (χ3n) is 9.72. The molecule has 0 spiro atoms. The molecule has 3 nitrogen and oxygen atoms in total. The Labute approximate surface area is 324 Å². The quantitative estimate of drug-likeness (QED) is 0.0387. The van der Waals surface area contributed by atoms with Crippen LogP contribution in [0.5, 0.6) is 0 Å². The summed E-state index contributed by atoms with van der Waals surface area (Å²) >= 11 is -0.410. The third-order valence-corrected chi connectivity index (χ3v) is 20.3. The van der Waals surface area contributed by atoms with Crippen LogP contribution in [0, 0.1) is 0 Å².